The van der Waals surface area contributed by atoms with Crippen LogP contribution in [0.15, 0.2) is 235 Å². The molecule has 0 radical (unpaired) electrons. The molecule has 10 aromatic carbocycles. The zero-order valence-corrected chi connectivity index (χ0v) is 33.2. The van der Waals surface area contributed by atoms with Crippen LogP contribution >= 0.6 is 0 Å². The van der Waals surface area contributed by atoms with E-state index in [-0.39, 0.29) is 0 Å². The molecule has 0 unspecified atom stereocenters. The molecule has 286 valence electrons. The predicted molar refractivity (Wildman–Crippen MR) is 257 cm³/mol. The van der Waals surface area contributed by atoms with Crippen molar-refractivity contribution in [1.29, 1.82) is 0 Å². The summed E-state index contributed by atoms with van der Waals surface area (Å²) in [5, 5.41) is 7.20. The van der Waals surface area contributed by atoms with Crippen LogP contribution in [0.4, 0.5) is 17.1 Å². The predicted octanol–water partition coefficient (Wildman–Crippen LogP) is 16.3. The summed E-state index contributed by atoms with van der Waals surface area (Å²) in [6.45, 7) is 0. The summed E-state index contributed by atoms with van der Waals surface area (Å²) in [5.74, 6) is 0. The molecule has 12 aromatic rings. The van der Waals surface area contributed by atoms with Crippen molar-refractivity contribution in [2.24, 2.45) is 0 Å². The van der Waals surface area contributed by atoms with Gasteiger partial charge < -0.3 is 13.9 Å². The minimum absolute atomic E-state index is 0.864. The first-order valence-corrected chi connectivity index (χ1v) is 20.8. The Bertz CT molecular complexity index is 3540. The number of para-hydroxylation sites is 5. The van der Waals surface area contributed by atoms with Gasteiger partial charge in [0.1, 0.15) is 11.2 Å². The van der Waals surface area contributed by atoms with Gasteiger partial charge in [-0.1, -0.05) is 164 Å². The molecule has 61 heavy (non-hydrogen) atoms. The van der Waals surface area contributed by atoms with E-state index in [4.69, 9.17) is 4.42 Å². The second-order valence-electron chi connectivity index (χ2n) is 15.7. The van der Waals surface area contributed by atoms with Crippen molar-refractivity contribution in [2.45, 2.75) is 0 Å². The van der Waals surface area contributed by atoms with Gasteiger partial charge in [0.15, 0.2) is 0 Å². The van der Waals surface area contributed by atoms with Crippen LogP contribution in [-0.2, 0) is 0 Å². The van der Waals surface area contributed by atoms with Gasteiger partial charge in [0, 0.05) is 50.1 Å². The van der Waals surface area contributed by atoms with E-state index in [0.717, 1.165) is 55.7 Å². The lowest BCUT2D eigenvalue weighted by Crippen LogP contribution is -2.11. The molecule has 0 atom stereocenters. The minimum atomic E-state index is 0.864. The fourth-order valence-corrected chi connectivity index (χ4v) is 9.29. The van der Waals surface area contributed by atoms with Gasteiger partial charge in [-0.2, -0.15) is 0 Å². The lowest BCUT2D eigenvalue weighted by molar-refractivity contribution is 0.669. The topological polar surface area (TPSA) is 21.3 Å². The van der Waals surface area contributed by atoms with Gasteiger partial charge in [0.2, 0.25) is 0 Å². The molecule has 3 heteroatoms. The normalized spacial score (nSPS) is 11.6. The molecule has 0 aliphatic heterocycles. The summed E-state index contributed by atoms with van der Waals surface area (Å²) >= 11 is 0. The first-order chi connectivity index (χ1) is 30.2. The molecular weight excluding hydrogens is 741 g/mol. The summed E-state index contributed by atoms with van der Waals surface area (Å²) in [5.41, 5.74) is 15.5. The summed E-state index contributed by atoms with van der Waals surface area (Å²) in [6.07, 6.45) is 0. The molecule has 0 spiro atoms. The Morgan fingerprint density at radius 1 is 0.328 bits per heavy atom. The Morgan fingerprint density at radius 2 is 0.869 bits per heavy atom. The van der Waals surface area contributed by atoms with Crippen LogP contribution in [0.25, 0.3) is 93.6 Å². The molecule has 0 N–H and O–H groups in total. The van der Waals surface area contributed by atoms with Gasteiger partial charge in [0.05, 0.1) is 22.4 Å². The van der Waals surface area contributed by atoms with E-state index >= 15 is 0 Å². The third-order valence-electron chi connectivity index (χ3n) is 12.2. The standard InChI is InChI=1S/C58H38N2O/c1-2-14-43-37-44(30-27-39(43)13-1)48-16-4-8-20-53(48)59(46-35-36-52-51-19-7-12-24-57(51)61-58(52)38-46)45-33-31-41(32-34-45)40-25-28-42(29-26-40)47-15-3-9-21-54(47)60-55-22-10-5-17-49(55)50-18-6-11-23-56(50)60/h1-38H. The number of hydrogen-bond donors (Lipinski definition) is 0. The second kappa shape index (κ2) is 14.3. The van der Waals surface area contributed by atoms with Crippen molar-refractivity contribution in [3.63, 3.8) is 0 Å². The van der Waals surface area contributed by atoms with Gasteiger partial charge >= 0.3 is 0 Å². The summed E-state index contributed by atoms with van der Waals surface area (Å²) in [6, 6.07) is 82.9. The lowest BCUT2D eigenvalue weighted by Gasteiger charge is -2.28. The molecule has 0 aliphatic rings. The van der Waals surface area contributed by atoms with Crippen molar-refractivity contribution < 1.29 is 4.42 Å². The molecular formula is C58H38N2O. The van der Waals surface area contributed by atoms with E-state index in [1.165, 1.54) is 55.0 Å². The molecule has 2 heterocycles. The van der Waals surface area contributed by atoms with E-state index in [0.29, 0.717) is 0 Å². The molecule has 0 fully saturated rings. The summed E-state index contributed by atoms with van der Waals surface area (Å²) in [7, 11) is 0. The van der Waals surface area contributed by atoms with Crippen molar-refractivity contribution >= 4 is 71.6 Å². The van der Waals surface area contributed by atoms with Gasteiger partial charge in [-0.05, 0) is 93.7 Å². The third-order valence-corrected chi connectivity index (χ3v) is 12.2. The minimum Gasteiger partial charge on any atom is -0.456 e. The first kappa shape index (κ1) is 34.9. The van der Waals surface area contributed by atoms with Gasteiger partial charge in [-0.25, -0.2) is 0 Å². The number of nitrogens with zero attached hydrogens (tertiary/aromatic N) is 2. The van der Waals surface area contributed by atoms with Gasteiger partial charge in [0.25, 0.3) is 0 Å². The maximum atomic E-state index is 6.43. The van der Waals surface area contributed by atoms with Crippen LogP contribution in [0.1, 0.15) is 0 Å². The summed E-state index contributed by atoms with van der Waals surface area (Å²) in [4.78, 5) is 2.36. The van der Waals surface area contributed by atoms with Crippen molar-refractivity contribution in [1.82, 2.24) is 4.57 Å². The van der Waals surface area contributed by atoms with E-state index in [1.54, 1.807) is 0 Å². The zero-order valence-electron chi connectivity index (χ0n) is 33.2. The third kappa shape index (κ3) is 5.90. The number of anilines is 3. The van der Waals surface area contributed by atoms with Crippen molar-refractivity contribution in [2.75, 3.05) is 4.90 Å². The Morgan fingerprint density at radius 3 is 1.64 bits per heavy atom. The number of furan rings is 1. The number of hydrogen-bond acceptors (Lipinski definition) is 2. The van der Waals surface area contributed by atoms with Gasteiger partial charge in [-0.3, -0.25) is 0 Å². The van der Waals surface area contributed by atoms with Crippen molar-refractivity contribution in [3.8, 4) is 39.1 Å². The number of fused-ring (bicyclic) bond motifs is 7. The van der Waals surface area contributed by atoms with Crippen LogP contribution in [0, 0.1) is 0 Å². The van der Waals surface area contributed by atoms with Crippen LogP contribution < -0.4 is 4.90 Å². The largest absolute Gasteiger partial charge is 0.456 e. The zero-order chi connectivity index (χ0) is 40.3. The molecule has 0 bridgehead atoms. The molecule has 0 saturated carbocycles. The van der Waals surface area contributed by atoms with Crippen LogP contribution in [0.5, 0.6) is 0 Å². The molecule has 0 aliphatic carbocycles. The Balaban J connectivity index is 0.936. The van der Waals surface area contributed by atoms with Crippen LogP contribution in [0.3, 0.4) is 0 Å². The highest BCUT2D eigenvalue weighted by molar-refractivity contribution is 6.10. The maximum Gasteiger partial charge on any atom is 0.137 e. The Kier molecular flexibility index (Phi) is 8.17. The molecule has 12 rings (SSSR count). The highest BCUT2D eigenvalue weighted by atomic mass is 16.3. The first-order valence-electron chi connectivity index (χ1n) is 20.8. The van der Waals surface area contributed by atoms with Crippen molar-refractivity contribution in [3.05, 3.63) is 231 Å². The molecule has 2 aromatic heterocycles. The number of aromatic nitrogens is 1. The summed E-state index contributed by atoms with van der Waals surface area (Å²) < 4.78 is 8.84. The Hall–Kier alpha value is -8.14. The SMILES string of the molecule is c1ccc(N(c2ccc(-c3ccc(-c4ccccc4-n4c5ccccc5c5ccccc54)cc3)cc2)c2ccc3c(c2)oc2ccccc23)c(-c2ccc3ccccc3c2)c1. The highest BCUT2D eigenvalue weighted by Gasteiger charge is 2.20. The number of rotatable bonds is 7. The smallest absolute Gasteiger partial charge is 0.137 e. The number of benzene rings is 10. The maximum absolute atomic E-state index is 6.43. The second-order valence-corrected chi connectivity index (χ2v) is 15.7. The van der Waals surface area contributed by atoms with E-state index in [9.17, 15) is 0 Å². The molecule has 0 saturated heterocycles. The monoisotopic (exact) mass is 778 g/mol. The van der Waals surface area contributed by atoms with E-state index in [1.807, 2.05) is 12.1 Å². The highest BCUT2D eigenvalue weighted by Crippen LogP contribution is 2.44. The van der Waals surface area contributed by atoms with E-state index < -0.39 is 0 Å². The fourth-order valence-electron chi connectivity index (χ4n) is 9.29. The van der Waals surface area contributed by atoms with E-state index in [2.05, 4.69) is 228 Å². The van der Waals surface area contributed by atoms with Crippen LogP contribution in [0.2, 0.25) is 0 Å². The average Bonchev–Trinajstić information content (AvgIpc) is 3.87. The Labute approximate surface area is 353 Å². The molecule has 0 amide bonds. The lowest BCUT2D eigenvalue weighted by atomic mass is 9.97. The van der Waals surface area contributed by atoms with Crippen LogP contribution in [-0.4, -0.2) is 4.57 Å². The molecule has 3 nitrogen and oxygen atoms in total. The van der Waals surface area contributed by atoms with Gasteiger partial charge in [-0.15, -0.1) is 0 Å². The average molecular weight is 779 g/mol. The quantitative estimate of drug-likeness (QED) is 0.161. The fraction of sp³-hybridized carbons (Fsp3) is 0.